The molecule has 0 bridgehead atoms. The van der Waals surface area contributed by atoms with E-state index in [-0.39, 0.29) is 0 Å². The second-order valence-electron chi connectivity index (χ2n) is 4.86. The number of hydrogen-bond donors (Lipinski definition) is 1. The van der Waals surface area contributed by atoms with Crippen molar-refractivity contribution in [1.82, 2.24) is 15.1 Å². The molecule has 0 saturated heterocycles. The molecule has 1 heterocycles. The van der Waals surface area contributed by atoms with Gasteiger partial charge in [0.05, 0.1) is 22.3 Å². The average Bonchev–Trinajstić information content (AvgIpc) is 2.61. The van der Waals surface area contributed by atoms with Gasteiger partial charge in [0.2, 0.25) is 0 Å². The lowest BCUT2D eigenvalue weighted by Crippen LogP contribution is -2.36. The zero-order valence-corrected chi connectivity index (χ0v) is 13.6. The fraction of sp³-hybridized carbons (Fsp3) is 0.769. The van der Waals surface area contributed by atoms with Crippen molar-refractivity contribution >= 4 is 15.9 Å². The van der Waals surface area contributed by atoms with Gasteiger partial charge in [-0.1, -0.05) is 13.8 Å². The number of aryl methyl sites for hydroxylation is 2. The molecular weight excluding hydrogens is 335 g/mol. The normalized spacial score (nSPS) is 13.8. The van der Waals surface area contributed by atoms with E-state index >= 15 is 0 Å². The van der Waals surface area contributed by atoms with Crippen LogP contribution in [0.3, 0.4) is 0 Å². The fourth-order valence-corrected chi connectivity index (χ4v) is 2.90. The van der Waals surface area contributed by atoms with E-state index in [1.54, 1.807) is 11.7 Å². The molecule has 0 radical (unpaired) electrons. The Balaban J connectivity index is 2.86. The Kier molecular flexibility index (Phi) is 6.51. The van der Waals surface area contributed by atoms with Crippen LogP contribution >= 0.6 is 15.9 Å². The highest BCUT2D eigenvalue weighted by molar-refractivity contribution is 9.10. The summed E-state index contributed by atoms with van der Waals surface area (Å²) < 4.78 is 40.4. The average molecular weight is 356 g/mol. The van der Waals surface area contributed by atoms with Crippen LogP contribution < -0.4 is 5.32 Å². The van der Waals surface area contributed by atoms with Gasteiger partial charge in [-0.3, -0.25) is 4.68 Å². The molecule has 0 amide bonds. The van der Waals surface area contributed by atoms with E-state index in [0.29, 0.717) is 13.0 Å². The lowest BCUT2D eigenvalue weighted by molar-refractivity contribution is -0.140. The third-order valence-corrected chi connectivity index (χ3v) is 4.02. The zero-order valence-electron chi connectivity index (χ0n) is 12.0. The van der Waals surface area contributed by atoms with Gasteiger partial charge in [0.15, 0.2) is 0 Å². The summed E-state index contributed by atoms with van der Waals surface area (Å²) in [5.41, 5.74) is 1.68. The van der Waals surface area contributed by atoms with E-state index in [1.807, 2.05) is 13.8 Å². The van der Waals surface area contributed by atoms with Crippen LogP contribution in [0.4, 0.5) is 13.2 Å². The van der Waals surface area contributed by atoms with Crippen molar-refractivity contribution in [2.45, 2.75) is 51.7 Å². The first-order valence-corrected chi connectivity index (χ1v) is 7.58. The van der Waals surface area contributed by atoms with Crippen LogP contribution in [0.25, 0.3) is 0 Å². The molecule has 7 heteroatoms. The van der Waals surface area contributed by atoms with Gasteiger partial charge in [0, 0.05) is 19.5 Å². The van der Waals surface area contributed by atoms with Crippen LogP contribution in [0.5, 0.6) is 0 Å². The van der Waals surface area contributed by atoms with Gasteiger partial charge >= 0.3 is 6.18 Å². The van der Waals surface area contributed by atoms with E-state index < -0.39 is 18.6 Å². The second kappa shape index (κ2) is 7.45. The van der Waals surface area contributed by atoms with Crippen molar-refractivity contribution in [2.75, 3.05) is 6.54 Å². The van der Waals surface area contributed by atoms with Crippen molar-refractivity contribution in [3.63, 3.8) is 0 Å². The van der Waals surface area contributed by atoms with E-state index in [0.717, 1.165) is 28.7 Å². The van der Waals surface area contributed by atoms with E-state index in [2.05, 4.69) is 26.3 Å². The lowest BCUT2D eigenvalue weighted by atomic mass is 10.1. The van der Waals surface area contributed by atoms with Crippen molar-refractivity contribution in [3.8, 4) is 0 Å². The van der Waals surface area contributed by atoms with Gasteiger partial charge in [-0.25, -0.2) is 0 Å². The largest absolute Gasteiger partial charge is 0.390 e. The van der Waals surface area contributed by atoms with Crippen LogP contribution in [0.15, 0.2) is 4.47 Å². The number of halogens is 4. The zero-order chi connectivity index (χ0) is 15.3. The lowest BCUT2D eigenvalue weighted by Gasteiger charge is -2.20. The molecule has 1 aromatic heterocycles. The fourth-order valence-electron chi connectivity index (χ4n) is 2.12. The Morgan fingerprint density at radius 3 is 2.45 bits per heavy atom. The summed E-state index contributed by atoms with van der Waals surface area (Å²) in [6, 6.07) is -0.619. The molecule has 1 aromatic rings. The molecule has 0 aromatic carbocycles. The molecule has 3 nitrogen and oxygen atoms in total. The number of rotatable bonds is 7. The van der Waals surface area contributed by atoms with Crippen molar-refractivity contribution in [2.24, 2.45) is 7.05 Å². The number of hydrogen-bond acceptors (Lipinski definition) is 2. The highest BCUT2D eigenvalue weighted by Gasteiger charge is 2.32. The topological polar surface area (TPSA) is 29.9 Å². The van der Waals surface area contributed by atoms with Crippen molar-refractivity contribution in [1.29, 1.82) is 0 Å². The second-order valence-corrected chi connectivity index (χ2v) is 5.65. The summed E-state index contributed by atoms with van der Waals surface area (Å²) in [4.78, 5) is 0. The highest BCUT2D eigenvalue weighted by atomic mass is 79.9. The molecule has 1 rings (SSSR count). The Bertz CT molecular complexity index is 429. The Morgan fingerprint density at radius 2 is 2.00 bits per heavy atom. The first-order chi connectivity index (χ1) is 9.28. The predicted molar refractivity (Wildman–Crippen MR) is 76.7 cm³/mol. The first kappa shape index (κ1) is 17.5. The van der Waals surface area contributed by atoms with Crippen LogP contribution in [-0.2, 0) is 19.9 Å². The minimum atomic E-state index is -4.16. The third kappa shape index (κ3) is 5.09. The molecule has 0 aliphatic rings. The molecule has 1 N–H and O–H groups in total. The Labute approximate surface area is 126 Å². The molecule has 20 heavy (non-hydrogen) atoms. The highest BCUT2D eigenvalue weighted by Crippen LogP contribution is 2.27. The summed E-state index contributed by atoms with van der Waals surface area (Å²) >= 11 is 3.45. The molecule has 1 unspecified atom stereocenters. The quantitative estimate of drug-likeness (QED) is 0.809. The van der Waals surface area contributed by atoms with E-state index in [1.165, 1.54) is 0 Å². The van der Waals surface area contributed by atoms with Crippen LogP contribution in [0, 0.1) is 0 Å². The molecule has 0 aliphatic carbocycles. The number of nitrogens with zero attached hydrogens (tertiary/aromatic N) is 2. The Morgan fingerprint density at radius 1 is 1.35 bits per heavy atom. The first-order valence-electron chi connectivity index (χ1n) is 6.78. The van der Waals surface area contributed by atoms with Crippen LogP contribution in [-0.4, -0.2) is 28.5 Å². The molecule has 1 atom stereocenters. The summed E-state index contributed by atoms with van der Waals surface area (Å²) in [5, 5.41) is 7.29. The van der Waals surface area contributed by atoms with Crippen LogP contribution in [0.1, 0.15) is 38.1 Å². The molecule has 0 fully saturated rings. The maximum Gasteiger partial charge on any atom is 0.390 e. The molecule has 0 aliphatic heterocycles. The molecule has 116 valence electrons. The molecular formula is C13H21BrF3N3. The third-order valence-electron chi connectivity index (χ3n) is 3.10. The summed E-state index contributed by atoms with van der Waals surface area (Å²) in [5.74, 6) is 0. The standard InChI is InChI=1S/C13H21BrF3N3/c1-4-6-18-9(8-13(15,16)17)7-11-12(14)10(5-2)19-20(11)3/h9,18H,4-8H2,1-3H3. The smallest absolute Gasteiger partial charge is 0.313 e. The molecule has 0 spiro atoms. The van der Waals surface area contributed by atoms with Gasteiger partial charge in [0.25, 0.3) is 0 Å². The van der Waals surface area contributed by atoms with Gasteiger partial charge in [-0.05, 0) is 35.3 Å². The molecule has 0 saturated carbocycles. The van der Waals surface area contributed by atoms with Gasteiger partial charge in [-0.2, -0.15) is 18.3 Å². The van der Waals surface area contributed by atoms with Gasteiger partial charge in [0.1, 0.15) is 0 Å². The van der Waals surface area contributed by atoms with Crippen molar-refractivity contribution in [3.05, 3.63) is 15.9 Å². The summed E-state index contributed by atoms with van der Waals surface area (Å²) in [6.07, 6.45) is -3.12. The van der Waals surface area contributed by atoms with E-state index in [4.69, 9.17) is 0 Å². The predicted octanol–water partition coefficient (Wildman–Crippen LogP) is 3.61. The van der Waals surface area contributed by atoms with Gasteiger partial charge < -0.3 is 5.32 Å². The van der Waals surface area contributed by atoms with E-state index in [9.17, 15) is 13.2 Å². The Hall–Kier alpha value is -0.560. The van der Waals surface area contributed by atoms with Gasteiger partial charge in [-0.15, -0.1) is 0 Å². The number of nitrogens with one attached hydrogen (secondary N) is 1. The summed E-state index contributed by atoms with van der Waals surface area (Å²) in [7, 11) is 1.77. The maximum absolute atomic E-state index is 12.6. The van der Waals surface area contributed by atoms with Crippen LogP contribution in [0.2, 0.25) is 0 Å². The maximum atomic E-state index is 12.6. The SMILES string of the molecule is CCCNC(Cc1c(Br)c(CC)nn1C)CC(F)(F)F. The summed E-state index contributed by atoms with van der Waals surface area (Å²) in [6.45, 7) is 4.49. The monoisotopic (exact) mass is 355 g/mol. The minimum Gasteiger partial charge on any atom is -0.313 e. The van der Waals surface area contributed by atoms with Crippen molar-refractivity contribution < 1.29 is 13.2 Å². The number of aromatic nitrogens is 2. The number of alkyl halides is 3. The minimum absolute atomic E-state index is 0.309.